The van der Waals surface area contributed by atoms with E-state index in [0.717, 1.165) is 25.5 Å². The molecule has 12 heteroatoms. The number of hydrogen-bond donors (Lipinski definition) is 2. The van der Waals surface area contributed by atoms with Crippen LogP contribution in [-0.4, -0.2) is 64.9 Å². The minimum Gasteiger partial charge on any atom is -0.481 e. The van der Waals surface area contributed by atoms with Gasteiger partial charge in [-0.1, -0.05) is 12.5 Å². The van der Waals surface area contributed by atoms with Crippen LogP contribution in [0.3, 0.4) is 0 Å². The zero-order valence-corrected chi connectivity index (χ0v) is 17.6. The minimum absolute atomic E-state index is 0.0149. The Kier molecular flexibility index (Phi) is 6.64. The third-order valence-corrected chi connectivity index (χ3v) is 5.26. The molecule has 2 heterocycles. The maximum absolute atomic E-state index is 13.4. The number of amides is 1. The van der Waals surface area contributed by atoms with E-state index in [4.69, 9.17) is 25.2 Å². The predicted molar refractivity (Wildman–Crippen MR) is 117 cm³/mol. The van der Waals surface area contributed by atoms with Crippen molar-refractivity contribution in [2.45, 2.75) is 30.9 Å². The Morgan fingerprint density at radius 2 is 2.03 bits per heavy atom. The third-order valence-electron chi connectivity index (χ3n) is 5.26. The van der Waals surface area contributed by atoms with E-state index in [-0.39, 0.29) is 23.3 Å². The number of carbonyl (C=O) groups excluding carboxylic acids is 1. The molecule has 1 aromatic carbocycles. The first-order chi connectivity index (χ1) is 15.8. The molecule has 4 rings (SSSR count). The average molecular weight is 447 g/mol. The SMILES string of the molecule is [B]C([B])(O)Oc1cccc(-n2nccn2)c1C(=O)NC1CCC[C@@H]1COc1ccc(F)cn1. The number of nitrogens with one attached hydrogen (secondary N) is 1. The summed E-state index contributed by atoms with van der Waals surface area (Å²) in [4.78, 5) is 18.5. The lowest BCUT2D eigenvalue weighted by Crippen LogP contribution is -2.41. The van der Waals surface area contributed by atoms with Crippen molar-refractivity contribution in [2.24, 2.45) is 5.92 Å². The van der Waals surface area contributed by atoms with E-state index in [0.29, 0.717) is 18.2 Å². The molecule has 2 N–H and O–H groups in total. The number of halogens is 1. The normalized spacial score (nSPS) is 18.1. The molecule has 0 bridgehead atoms. The first-order valence-electron chi connectivity index (χ1n) is 10.3. The van der Waals surface area contributed by atoms with E-state index < -0.39 is 17.3 Å². The highest BCUT2D eigenvalue weighted by Gasteiger charge is 2.32. The molecule has 3 aromatic rings. The lowest BCUT2D eigenvalue weighted by atomic mass is 9.76. The molecule has 0 saturated heterocycles. The lowest BCUT2D eigenvalue weighted by molar-refractivity contribution is 0.0121. The summed E-state index contributed by atoms with van der Waals surface area (Å²) in [6.07, 6.45) is 6.49. The van der Waals surface area contributed by atoms with Crippen LogP contribution in [0.1, 0.15) is 29.6 Å². The fourth-order valence-electron chi connectivity index (χ4n) is 3.82. The van der Waals surface area contributed by atoms with Crippen molar-refractivity contribution >= 4 is 21.6 Å². The molecule has 4 radical (unpaired) electrons. The number of aliphatic hydroxyl groups is 1. The van der Waals surface area contributed by atoms with Crippen LogP contribution in [0, 0.1) is 11.7 Å². The van der Waals surface area contributed by atoms with Crippen LogP contribution in [-0.2, 0) is 0 Å². The Bertz CT molecular complexity index is 1090. The Labute approximate surface area is 192 Å². The van der Waals surface area contributed by atoms with Gasteiger partial charge in [0.15, 0.2) is 15.7 Å². The third kappa shape index (κ3) is 5.70. The van der Waals surface area contributed by atoms with Crippen LogP contribution in [0.2, 0.25) is 0 Å². The fourth-order valence-corrected chi connectivity index (χ4v) is 3.82. The van der Waals surface area contributed by atoms with Crippen molar-refractivity contribution in [3.8, 4) is 17.3 Å². The van der Waals surface area contributed by atoms with Gasteiger partial charge in [0.2, 0.25) is 5.88 Å². The number of ether oxygens (including phenoxy) is 2. The second kappa shape index (κ2) is 9.62. The number of pyridine rings is 1. The van der Waals surface area contributed by atoms with Crippen LogP contribution in [0.15, 0.2) is 48.9 Å². The van der Waals surface area contributed by atoms with Crippen LogP contribution in [0.5, 0.6) is 11.6 Å². The zero-order chi connectivity index (χ0) is 23.4. The predicted octanol–water partition coefficient (Wildman–Crippen LogP) is 1.10. The summed E-state index contributed by atoms with van der Waals surface area (Å²) < 4.78 is 24.0. The quantitative estimate of drug-likeness (QED) is 0.393. The van der Waals surface area contributed by atoms with E-state index >= 15 is 0 Å². The summed E-state index contributed by atoms with van der Waals surface area (Å²) in [6.45, 7) is 0.306. The van der Waals surface area contributed by atoms with Crippen molar-refractivity contribution in [1.29, 1.82) is 0 Å². The Hall–Kier alpha value is -3.40. The van der Waals surface area contributed by atoms with E-state index in [1.54, 1.807) is 12.1 Å². The second-order valence-corrected chi connectivity index (χ2v) is 7.72. The molecule has 1 unspecified atom stereocenters. The van der Waals surface area contributed by atoms with Gasteiger partial charge < -0.3 is 19.9 Å². The van der Waals surface area contributed by atoms with E-state index in [2.05, 4.69) is 20.5 Å². The van der Waals surface area contributed by atoms with Crippen molar-refractivity contribution in [1.82, 2.24) is 25.3 Å². The molecule has 9 nitrogen and oxygen atoms in total. The summed E-state index contributed by atoms with van der Waals surface area (Å²) >= 11 is 0. The van der Waals surface area contributed by atoms with E-state index in [1.807, 2.05) is 0 Å². The molecule has 2 atom stereocenters. The summed E-state index contributed by atoms with van der Waals surface area (Å²) in [7, 11) is 10.8. The highest BCUT2D eigenvalue weighted by molar-refractivity contribution is 6.37. The molecular formula is C21H20B2FN5O4. The minimum atomic E-state index is -2.49. The standard InChI is InChI=1S/C21H20B2FN5O4/c22-21(23,31)33-17-6-2-5-16(29-26-9-10-27-29)19(17)20(30)28-15-4-1-3-13(15)12-32-18-8-7-14(24)11-25-18/h2,5-11,13,15,31H,1,3-4,12H2,(H,28,30)/t13-,15?/m1/s1. The van der Waals surface area contributed by atoms with Crippen LogP contribution >= 0.6 is 0 Å². The monoisotopic (exact) mass is 447 g/mol. The zero-order valence-electron chi connectivity index (χ0n) is 17.6. The molecule has 166 valence electrons. The lowest BCUT2D eigenvalue weighted by Gasteiger charge is -2.25. The molecule has 0 aliphatic heterocycles. The molecule has 33 heavy (non-hydrogen) atoms. The van der Waals surface area contributed by atoms with E-state index in [1.165, 1.54) is 35.4 Å². The van der Waals surface area contributed by atoms with Crippen LogP contribution in [0.25, 0.3) is 5.69 Å². The van der Waals surface area contributed by atoms with Crippen LogP contribution in [0.4, 0.5) is 4.39 Å². The summed E-state index contributed by atoms with van der Waals surface area (Å²) in [5.74, 6) is -0.626. The number of nitrogens with zero attached hydrogens (tertiary/aromatic N) is 4. The molecule has 1 aliphatic rings. The van der Waals surface area contributed by atoms with Crippen molar-refractivity contribution in [3.05, 3.63) is 60.3 Å². The van der Waals surface area contributed by atoms with Gasteiger partial charge in [-0.25, -0.2) is 9.37 Å². The van der Waals surface area contributed by atoms with Gasteiger partial charge in [-0.2, -0.15) is 15.0 Å². The number of rotatable bonds is 8. The highest BCUT2D eigenvalue weighted by Crippen LogP contribution is 2.30. The summed E-state index contributed by atoms with van der Waals surface area (Å²) in [5, 5.41) is 20.9. The first kappa shape index (κ1) is 22.8. The second-order valence-electron chi connectivity index (χ2n) is 7.72. The topological polar surface area (TPSA) is 111 Å². The molecule has 1 aliphatic carbocycles. The fraction of sp³-hybridized carbons (Fsp3) is 0.333. The highest BCUT2D eigenvalue weighted by atomic mass is 19.1. The molecular weight excluding hydrogens is 427 g/mol. The Morgan fingerprint density at radius 3 is 2.73 bits per heavy atom. The van der Waals surface area contributed by atoms with Gasteiger partial charge >= 0.3 is 0 Å². The molecule has 1 amide bonds. The maximum atomic E-state index is 13.4. The van der Waals surface area contributed by atoms with Gasteiger partial charge in [0.25, 0.3) is 5.91 Å². The molecule has 0 spiro atoms. The number of carbonyl (C=O) groups is 1. The van der Waals surface area contributed by atoms with Gasteiger partial charge in [0.05, 0.1) is 25.2 Å². The maximum Gasteiger partial charge on any atom is 0.257 e. The van der Waals surface area contributed by atoms with Crippen LogP contribution < -0.4 is 14.8 Å². The van der Waals surface area contributed by atoms with Crippen molar-refractivity contribution in [3.63, 3.8) is 0 Å². The molecule has 1 fully saturated rings. The molecule has 1 saturated carbocycles. The van der Waals surface area contributed by atoms with Gasteiger partial charge in [-0.15, -0.1) is 0 Å². The van der Waals surface area contributed by atoms with Crippen molar-refractivity contribution < 1.29 is 23.8 Å². The van der Waals surface area contributed by atoms with Gasteiger partial charge in [0.1, 0.15) is 28.4 Å². The Balaban J connectivity index is 1.53. The number of benzene rings is 1. The average Bonchev–Trinajstić information content (AvgIpc) is 3.44. The number of hydrogen-bond acceptors (Lipinski definition) is 7. The van der Waals surface area contributed by atoms with Gasteiger partial charge in [-0.05, 0) is 31.0 Å². The first-order valence-corrected chi connectivity index (χ1v) is 10.3. The van der Waals surface area contributed by atoms with Crippen molar-refractivity contribution in [2.75, 3.05) is 6.61 Å². The summed E-state index contributed by atoms with van der Waals surface area (Å²) in [6, 6.07) is 7.21. The smallest absolute Gasteiger partial charge is 0.257 e. The largest absolute Gasteiger partial charge is 0.481 e. The van der Waals surface area contributed by atoms with Gasteiger partial charge in [0, 0.05) is 18.0 Å². The Morgan fingerprint density at radius 1 is 1.24 bits per heavy atom. The number of aromatic nitrogens is 4. The summed E-state index contributed by atoms with van der Waals surface area (Å²) in [5.41, 5.74) is -2.10. The molecule has 2 aromatic heterocycles. The van der Waals surface area contributed by atoms with E-state index in [9.17, 15) is 14.3 Å². The van der Waals surface area contributed by atoms with Gasteiger partial charge in [-0.3, -0.25) is 4.79 Å².